The second-order valence-electron chi connectivity index (χ2n) is 6.50. The van der Waals surface area contributed by atoms with E-state index in [1.807, 2.05) is 24.3 Å². The van der Waals surface area contributed by atoms with Gasteiger partial charge in [-0.15, -0.1) is 0 Å². The summed E-state index contributed by atoms with van der Waals surface area (Å²) in [5.74, 6) is -1.01. The van der Waals surface area contributed by atoms with Gasteiger partial charge in [-0.25, -0.2) is 4.79 Å². The van der Waals surface area contributed by atoms with E-state index < -0.39 is 17.8 Å². The normalized spacial score (nSPS) is 15.1. The van der Waals surface area contributed by atoms with Gasteiger partial charge in [0.1, 0.15) is 0 Å². The fourth-order valence-corrected chi connectivity index (χ4v) is 3.23. The quantitative estimate of drug-likeness (QED) is 0.630. The summed E-state index contributed by atoms with van der Waals surface area (Å²) in [6.07, 6.45) is 0. The van der Waals surface area contributed by atoms with Crippen LogP contribution in [0.25, 0.3) is 21.9 Å². The Morgan fingerprint density at radius 2 is 1.57 bits per heavy atom. The third-order valence-corrected chi connectivity index (χ3v) is 4.29. The number of aromatic amines is 1. The lowest BCUT2D eigenvalue weighted by Crippen LogP contribution is -2.42. The van der Waals surface area contributed by atoms with Crippen molar-refractivity contribution >= 4 is 39.8 Å². The van der Waals surface area contributed by atoms with E-state index >= 15 is 0 Å². The van der Waals surface area contributed by atoms with Crippen molar-refractivity contribution in [3.8, 4) is 0 Å². The van der Waals surface area contributed by atoms with Gasteiger partial charge in [-0.1, -0.05) is 44.0 Å². The Bertz CT molecular complexity index is 1190. The lowest BCUT2D eigenvalue weighted by Gasteiger charge is -2.21. The molecule has 0 unspecified atom stereocenters. The van der Waals surface area contributed by atoms with E-state index in [1.54, 1.807) is 6.92 Å². The molecule has 0 radical (unpaired) electrons. The number of H-pyrrole nitrogens is 1. The van der Waals surface area contributed by atoms with Crippen molar-refractivity contribution in [3.63, 3.8) is 0 Å². The first-order valence-corrected chi connectivity index (χ1v) is 8.50. The Morgan fingerprint density at radius 1 is 1.00 bits per heavy atom. The summed E-state index contributed by atoms with van der Waals surface area (Å²) in [5, 5.41) is 10.3. The molecule has 4 N–H and O–H groups in total. The number of imide groups is 1. The Hall–Kier alpha value is -3.87. The maximum Gasteiger partial charge on any atom is 0.323 e. The summed E-state index contributed by atoms with van der Waals surface area (Å²) in [7, 11) is 0. The van der Waals surface area contributed by atoms with Crippen molar-refractivity contribution < 1.29 is 14.4 Å². The van der Waals surface area contributed by atoms with Gasteiger partial charge in [-0.3, -0.25) is 14.9 Å². The molecule has 1 aliphatic rings. The highest BCUT2D eigenvalue weighted by atomic mass is 16.2. The first-order valence-electron chi connectivity index (χ1n) is 8.50. The predicted octanol–water partition coefficient (Wildman–Crippen LogP) is 1.05. The van der Waals surface area contributed by atoms with E-state index in [1.165, 1.54) is 6.92 Å². The first-order chi connectivity index (χ1) is 13.2. The summed E-state index contributed by atoms with van der Waals surface area (Å²) >= 11 is 0. The van der Waals surface area contributed by atoms with Crippen molar-refractivity contribution in [1.29, 1.82) is 0 Å². The third-order valence-electron chi connectivity index (χ3n) is 4.29. The second-order valence-corrected chi connectivity index (χ2v) is 6.50. The Balaban J connectivity index is 2.47. The number of hydrogen-bond acceptors (Lipinski definition) is 3. The minimum Gasteiger partial charge on any atom is -0.353 e. The maximum absolute atomic E-state index is 12.6. The van der Waals surface area contributed by atoms with Gasteiger partial charge in [0, 0.05) is 34.7 Å². The molecule has 0 aliphatic carbocycles. The zero-order valence-electron chi connectivity index (χ0n) is 15.7. The molecule has 1 saturated heterocycles. The van der Waals surface area contributed by atoms with E-state index in [4.69, 9.17) is 0 Å². The minimum absolute atomic E-state index is 0.266. The smallest absolute Gasteiger partial charge is 0.323 e. The highest BCUT2D eigenvalue weighted by Gasteiger charge is 2.22. The number of hydrogen-bond donors (Lipinski definition) is 4. The van der Waals surface area contributed by atoms with Crippen LogP contribution >= 0.6 is 0 Å². The van der Waals surface area contributed by atoms with Gasteiger partial charge in [-0.05, 0) is 12.5 Å². The molecular formula is C21H20N4O3. The summed E-state index contributed by atoms with van der Waals surface area (Å²) in [6, 6.07) is 7.03. The number of amides is 4. The van der Waals surface area contributed by atoms with Gasteiger partial charge in [0.2, 0.25) is 5.91 Å². The van der Waals surface area contributed by atoms with Crippen LogP contribution in [-0.2, 0) is 9.59 Å². The molecule has 2 aromatic rings. The van der Waals surface area contributed by atoms with E-state index in [-0.39, 0.29) is 5.57 Å². The largest absolute Gasteiger partial charge is 0.353 e. The van der Waals surface area contributed by atoms with Gasteiger partial charge in [0.15, 0.2) is 0 Å². The highest BCUT2D eigenvalue weighted by molar-refractivity contribution is 6.23. The molecule has 142 valence electrons. The van der Waals surface area contributed by atoms with Crippen molar-refractivity contribution in [2.24, 2.45) is 0 Å². The van der Waals surface area contributed by atoms with Crippen LogP contribution in [0.5, 0.6) is 0 Å². The van der Waals surface area contributed by atoms with Gasteiger partial charge in [-0.2, -0.15) is 0 Å². The topological polar surface area (TPSA) is 103 Å². The molecule has 0 saturated carbocycles. The van der Waals surface area contributed by atoms with E-state index in [9.17, 15) is 14.4 Å². The molecule has 0 atom stereocenters. The van der Waals surface area contributed by atoms with Crippen molar-refractivity contribution in [2.45, 2.75) is 13.8 Å². The number of aromatic nitrogens is 1. The number of benzene rings is 1. The first kappa shape index (κ1) is 18.9. The predicted molar refractivity (Wildman–Crippen MR) is 108 cm³/mol. The molecule has 1 aromatic heterocycles. The number of carbonyl (C=O) groups is 3. The average Bonchev–Trinajstić information content (AvgIpc) is 2.92. The molecule has 28 heavy (non-hydrogen) atoms. The minimum atomic E-state index is -0.545. The zero-order chi connectivity index (χ0) is 20.6. The zero-order valence-corrected chi connectivity index (χ0v) is 15.7. The van der Waals surface area contributed by atoms with Crippen LogP contribution in [0.15, 0.2) is 61.0 Å². The summed E-state index contributed by atoms with van der Waals surface area (Å²) in [5.41, 5.74) is 2.13. The molecule has 0 spiro atoms. The Kier molecular flexibility index (Phi) is 4.75. The SMILES string of the molecule is C=C1NC(=O)NC(=C)C1=c1[nH]/c(=C(/C(=C)C)C(=O)NC(C)=O)c2ccccc12. The van der Waals surface area contributed by atoms with Crippen LogP contribution in [0, 0.1) is 0 Å². The molecule has 3 rings (SSSR count). The molecular weight excluding hydrogens is 356 g/mol. The molecule has 1 fully saturated rings. The number of urea groups is 1. The van der Waals surface area contributed by atoms with Gasteiger partial charge in [0.25, 0.3) is 5.91 Å². The van der Waals surface area contributed by atoms with Crippen LogP contribution in [0.4, 0.5) is 4.79 Å². The highest BCUT2D eigenvalue weighted by Crippen LogP contribution is 2.18. The third kappa shape index (κ3) is 3.25. The molecule has 1 aliphatic heterocycles. The fourth-order valence-electron chi connectivity index (χ4n) is 3.23. The van der Waals surface area contributed by atoms with E-state index in [2.05, 4.69) is 40.7 Å². The van der Waals surface area contributed by atoms with Crippen LogP contribution in [0.1, 0.15) is 13.8 Å². The van der Waals surface area contributed by atoms with Crippen LogP contribution < -0.4 is 26.6 Å². The molecule has 1 aromatic carbocycles. The Labute approximate surface area is 161 Å². The van der Waals surface area contributed by atoms with Gasteiger partial charge < -0.3 is 15.6 Å². The fraction of sp³-hybridized carbons (Fsp3) is 0.0952. The summed E-state index contributed by atoms with van der Waals surface area (Å²) < 4.78 is 0. The second kappa shape index (κ2) is 7.03. The molecule has 7 heteroatoms. The monoisotopic (exact) mass is 376 g/mol. The molecule has 4 amide bonds. The average molecular weight is 376 g/mol. The standard InChI is InChI=1S/C21H20N4O3/c1-10(2)16(20(27)24-13(5)26)18-14-8-6-7-9-15(14)19(25-18)17-11(3)22-21(28)23-12(17)4/h6-9,25H,1,3-4H2,2,5H3,(H2,22,23,28)(H,24,26,27)/b18-16-. The molecule has 0 bridgehead atoms. The lowest BCUT2D eigenvalue weighted by molar-refractivity contribution is -0.126. The van der Waals surface area contributed by atoms with Crippen LogP contribution in [0.3, 0.4) is 0 Å². The number of fused-ring (bicyclic) bond motifs is 1. The summed E-state index contributed by atoms with van der Waals surface area (Å²) in [6.45, 7) is 14.7. The number of carbonyl (C=O) groups excluding carboxylic acids is 3. The van der Waals surface area contributed by atoms with Gasteiger partial charge >= 0.3 is 6.03 Å². The van der Waals surface area contributed by atoms with Crippen LogP contribution in [-0.4, -0.2) is 22.8 Å². The van der Waals surface area contributed by atoms with Crippen molar-refractivity contribution in [2.75, 3.05) is 0 Å². The van der Waals surface area contributed by atoms with Crippen LogP contribution in [0.2, 0.25) is 0 Å². The molecule has 2 heterocycles. The van der Waals surface area contributed by atoms with E-state index in [0.29, 0.717) is 33.2 Å². The van der Waals surface area contributed by atoms with Crippen molar-refractivity contribution in [3.05, 3.63) is 71.7 Å². The number of rotatable bonds is 2. The maximum atomic E-state index is 12.6. The van der Waals surface area contributed by atoms with Crippen molar-refractivity contribution in [1.82, 2.24) is 20.9 Å². The summed E-state index contributed by atoms with van der Waals surface area (Å²) in [4.78, 5) is 38.9. The number of nitrogens with one attached hydrogen (secondary N) is 4. The molecule has 7 nitrogen and oxygen atoms in total. The Morgan fingerprint density at radius 3 is 2.11 bits per heavy atom. The van der Waals surface area contributed by atoms with Gasteiger partial charge in [0.05, 0.1) is 16.3 Å². The van der Waals surface area contributed by atoms with E-state index in [0.717, 1.165) is 10.8 Å². The lowest BCUT2D eigenvalue weighted by atomic mass is 10.0.